The summed E-state index contributed by atoms with van der Waals surface area (Å²) in [6.45, 7) is 3.81. The molecule has 2 aromatic rings. The van der Waals surface area contributed by atoms with Crippen LogP contribution in [0.2, 0.25) is 0 Å². The van der Waals surface area contributed by atoms with Gasteiger partial charge in [0.15, 0.2) is 6.04 Å². The lowest BCUT2D eigenvalue weighted by molar-refractivity contribution is -0.139. The van der Waals surface area contributed by atoms with E-state index >= 15 is 0 Å². The SMILES string of the molecule is CC(C)c1nnsc1C(=O)NC(C(=O)O)c1cccs1. The monoisotopic (exact) mass is 311 g/mol. The molecule has 2 heterocycles. The van der Waals surface area contributed by atoms with Crippen molar-refractivity contribution in [1.29, 1.82) is 0 Å². The Balaban J connectivity index is 2.21. The summed E-state index contributed by atoms with van der Waals surface area (Å²) in [6, 6.07) is 2.37. The average Bonchev–Trinajstić information content (AvgIpc) is 3.05. The van der Waals surface area contributed by atoms with Gasteiger partial charge in [-0.2, -0.15) is 0 Å². The Hall–Kier alpha value is -1.80. The summed E-state index contributed by atoms with van der Waals surface area (Å²) in [6.07, 6.45) is 0. The number of carbonyl (C=O) groups is 2. The Bertz CT molecular complexity index is 607. The van der Waals surface area contributed by atoms with Gasteiger partial charge in [-0.1, -0.05) is 24.4 Å². The van der Waals surface area contributed by atoms with Gasteiger partial charge in [-0.05, 0) is 28.9 Å². The molecular weight excluding hydrogens is 298 g/mol. The maximum Gasteiger partial charge on any atom is 0.331 e. The molecule has 0 saturated heterocycles. The predicted molar refractivity (Wildman–Crippen MR) is 76.2 cm³/mol. The summed E-state index contributed by atoms with van der Waals surface area (Å²) in [7, 11) is 0. The minimum absolute atomic E-state index is 0.0551. The van der Waals surface area contributed by atoms with Crippen LogP contribution in [0, 0.1) is 0 Å². The van der Waals surface area contributed by atoms with Gasteiger partial charge in [0, 0.05) is 4.88 Å². The number of thiophene rings is 1. The summed E-state index contributed by atoms with van der Waals surface area (Å²) >= 11 is 2.26. The highest BCUT2D eigenvalue weighted by atomic mass is 32.1. The molecule has 1 unspecified atom stereocenters. The lowest BCUT2D eigenvalue weighted by atomic mass is 10.1. The van der Waals surface area contributed by atoms with Gasteiger partial charge in [0.1, 0.15) is 4.88 Å². The quantitative estimate of drug-likeness (QED) is 0.883. The molecular formula is C12H13N3O3S2. The zero-order valence-corrected chi connectivity index (χ0v) is 12.5. The fourth-order valence-corrected chi connectivity index (χ4v) is 3.13. The van der Waals surface area contributed by atoms with Crippen molar-refractivity contribution in [1.82, 2.24) is 14.9 Å². The molecule has 2 rings (SSSR count). The van der Waals surface area contributed by atoms with Crippen LogP contribution in [0.25, 0.3) is 0 Å². The minimum Gasteiger partial charge on any atom is -0.479 e. The standard InChI is InChI=1S/C12H13N3O3S2/c1-6(2)8-10(20-15-14-8)11(16)13-9(12(17)18)7-4-3-5-19-7/h3-6,9H,1-2H3,(H,13,16)(H,17,18). The number of amides is 1. The number of carbonyl (C=O) groups excluding carboxylic acids is 1. The summed E-state index contributed by atoms with van der Waals surface area (Å²) < 4.78 is 3.77. The van der Waals surface area contributed by atoms with Gasteiger partial charge in [-0.15, -0.1) is 16.4 Å². The molecule has 106 valence electrons. The van der Waals surface area contributed by atoms with Gasteiger partial charge >= 0.3 is 5.97 Å². The summed E-state index contributed by atoms with van der Waals surface area (Å²) in [5.74, 6) is -1.49. The van der Waals surface area contributed by atoms with E-state index in [1.807, 2.05) is 13.8 Å². The lowest BCUT2D eigenvalue weighted by Gasteiger charge is -2.12. The average molecular weight is 311 g/mol. The van der Waals surface area contributed by atoms with Crippen LogP contribution in [-0.2, 0) is 4.79 Å². The predicted octanol–water partition coefficient (Wildman–Crippen LogP) is 2.28. The molecule has 6 nitrogen and oxygen atoms in total. The van der Waals surface area contributed by atoms with Crippen LogP contribution in [0.1, 0.15) is 46.0 Å². The van der Waals surface area contributed by atoms with Crippen LogP contribution in [0.4, 0.5) is 0 Å². The van der Waals surface area contributed by atoms with E-state index in [0.717, 1.165) is 11.5 Å². The molecule has 1 amide bonds. The van der Waals surface area contributed by atoms with E-state index in [1.54, 1.807) is 17.5 Å². The zero-order valence-electron chi connectivity index (χ0n) is 10.9. The van der Waals surface area contributed by atoms with Crippen molar-refractivity contribution in [3.05, 3.63) is 33.0 Å². The second kappa shape index (κ2) is 6.10. The van der Waals surface area contributed by atoms with E-state index in [2.05, 4.69) is 14.9 Å². The number of carboxylic acids is 1. The molecule has 0 saturated carbocycles. The Morgan fingerprint density at radius 2 is 2.15 bits per heavy atom. The molecule has 0 aliphatic rings. The second-order valence-corrected chi connectivity index (χ2v) is 6.14. The Morgan fingerprint density at radius 3 is 2.70 bits per heavy atom. The summed E-state index contributed by atoms with van der Waals surface area (Å²) in [4.78, 5) is 24.4. The Labute approximate surface area is 123 Å². The van der Waals surface area contributed by atoms with E-state index in [-0.39, 0.29) is 5.92 Å². The van der Waals surface area contributed by atoms with Crippen molar-refractivity contribution in [2.45, 2.75) is 25.8 Å². The van der Waals surface area contributed by atoms with Crippen molar-refractivity contribution in [3.63, 3.8) is 0 Å². The molecule has 20 heavy (non-hydrogen) atoms. The number of aliphatic carboxylic acids is 1. The van der Waals surface area contributed by atoms with E-state index in [1.165, 1.54) is 11.3 Å². The fourth-order valence-electron chi connectivity index (χ4n) is 1.64. The Morgan fingerprint density at radius 1 is 1.40 bits per heavy atom. The highest BCUT2D eigenvalue weighted by molar-refractivity contribution is 7.10. The number of nitrogens with one attached hydrogen (secondary N) is 1. The Kier molecular flexibility index (Phi) is 4.46. The van der Waals surface area contributed by atoms with Crippen LogP contribution < -0.4 is 5.32 Å². The van der Waals surface area contributed by atoms with Crippen molar-refractivity contribution in [2.75, 3.05) is 0 Å². The molecule has 0 aliphatic heterocycles. The van der Waals surface area contributed by atoms with Crippen molar-refractivity contribution < 1.29 is 14.7 Å². The lowest BCUT2D eigenvalue weighted by Crippen LogP contribution is -2.33. The normalized spacial score (nSPS) is 12.3. The molecule has 2 aromatic heterocycles. The topological polar surface area (TPSA) is 92.2 Å². The van der Waals surface area contributed by atoms with Crippen molar-refractivity contribution >= 4 is 34.7 Å². The van der Waals surface area contributed by atoms with Crippen LogP contribution in [0.5, 0.6) is 0 Å². The van der Waals surface area contributed by atoms with E-state index < -0.39 is 17.9 Å². The fraction of sp³-hybridized carbons (Fsp3) is 0.333. The molecule has 0 aromatic carbocycles. The molecule has 8 heteroatoms. The van der Waals surface area contributed by atoms with E-state index in [4.69, 9.17) is 0 Å². The molecule has 0 radical (unpaired) electrons. The second-order valence-electron chi connectivity index (χ2n) is 4.40. The molecule has 0 spiro atoms. The highest BCUT2D eigenvalue weighted by Gasteiger charge is 2.26. The zero-order chi connectivity index (χ0) is 14.7. The van der Waals surface area contributed by atoms with Crippen LogP contribution in [0.15, 0.2) is 17.5 Å². The van der Waals surface area contributed by atoms with Crippen LogP contribution >= 0.6 is 22.9 Å². The molecule has 2 N–H and O–H groups in total. The first kappa shape index (κ1) is 14.6. The number of rotatable bonds is 5. The van der Waals surface area contributed by atoms with Gasteiger partial charge in [0.2, 0.25) is 0 Å². The minimum atomic E-state index is -1.09. The van der Waals surface area contributed by atoms with E-state index in [9.17, 15) is 14.7 Å². The molecule has 0 bridgehead atoms. The first-order valence-electron chi connectivity index (χ1n) is 5.90. The van der Waals surface area contributed by atoms with Crippen LogP contribution in [0.3, 0.4) is 0 Å². The van der Waals surface area contributed by atoms with Gasteiger partial charge < -0.3 is 10.4 Å². The largest absolute Gasteiger partial charge is 0.479 e. The van der Waals surface area contributed by atoms with Crippen molar-refractivity contribution in [3.8, 4) is 0 Å². The van der Waals surface area contributed by atoms with Gasteiger partial charge in [0.25, 0.3) is 5.91 Å². The summed E-state index contributed by atoms with van der Waals surface area (Å²) in [5.41, 5.74) is 0.586. The number of aromatic nitrogens is 2. The molecule has 0 aliphatic carbocycles. The summed E-state index contributed by atoms with van der Waals surface area (Å²) in [5, 5.41) is 17.4. The smallest absolute Gasteiger partial charge is 0.331 e. The van der Waals surface area contributed by atoms with Gasteiger partial charge in [-0.3, -0.25) is 4.79 Å². The number of carboxylic acid groups (broad SMARTS) is 1. The molecule has 1 atom stereocenters. The number of nitrogens with zero attached hydrogens (tertiary/aromatic N) is 2. The number of hydrogen-bond acceptors (Lipinski definition) is 6. The van der Waals surface area contributed by atoms with E-state index in [0.29, 0.717) is 15.4 Å². The number of hydrogen-bond donors (Lipinski definition) is 2. The molecule has 0 fully saturated rings. The third kappa shape index (κ3) is 3.02. The van der Waals surface area contributed by atoms with Gasteiger partial charge in [-0.25, -0.2) is 4.79 Å². The van der Waals surface area contributed by atoms with Gasteiger partial charge in [0.05, 0.1) is 5.69 Å². The first-order chi connectivity index (χ1) is 9.50. The maximum absolute atomic E-state index is 12.2. The highest BCUT2D eigenvalue weighted by Crippen LogP contribution is 2.23. The first-order valence-corrected chi connectivity index (χ1v) is 7.55. The third-order valence-corrected chi connectivity index (χ3v) is 4.29. The third-order valence-electron chi connectivity index (χ3n) is 2.62. The van der Waals surface area contributed by atoms with Crippen LogP contribution in [-0.4, -0.2) is 26.6 Å². The maximum atomic E-state index is 12.2. The van der Waals surface area contributed by atoms with Crippen molar-refractivity contribution in [2.24, 2.45) is 0 Å².